The molecule has 2 saturated heterocycles. The van der Waals surface area contributed by atoms with Crippen LogP contribution in [0.2, 0.25) is 0 Å². The lowest BCUT2D eigenvalue weighted by Gasteiger charge is -2.33. The molecule has 2 atom stereocenters. The Labute approximate surface area is 210 Å². The van der Waals surface area contributed by atoms with Gasteiger partial charge in [-0.05, 0) is 74.7 Å². The lowest BCUT2D eigenvalue weighted by atomic mass is 9.98. The standard InChI is InChI=1S/C27H31FN4O4/c1-34-21-11-12-24(35-2)22(15-21)23-6-4-14-32(23)25(33)17-31-13-3-5-19(16-31)27-29-26(30-36-27)18-7-9-20(28)10-8-18/h7-12,15,19,23H,3-6,13-14,16-17H2,1-2H3. The maximum absolute atomic E-state index is 13.4. The highest BCUT2D eigenvalue weighted by molar-refractivity contribution is 5.79. The van der Waals surface area contributed by atoms with Crippen LogP contribution in [-0.4, -0.2) is 66.2 Å². The third-order valence-electron chi connectivity index (χ3n) is 7.13. The number of halogens is 1. The molecule has 190 valence electrons. The van der Waals surface area contributed by atoms with Crippen molar-refractivity contribution in [1.82, 2.24) is 19.9 Å². The number of piperidine rings is 1. The molecule has 0 bridgehead atoms. The second-order valence-electron chi connectivity index (χ2n) is 9.39. The van der Waals surface area contributed by atoms with Gasteiger partial charge in [0, 0.05) is 24.2 Å². The number of hydrogen-bond acceptors (Lipinski definition) is 7. The van der Waals surface area contributed by atoms with Gasteiger partial charge in [0.25, 0.3) is 0 Å². The van der Waals surface area contributed by atoms with Crippen LogP contribution in [0.4, 0.5) is 4.39 Å². The zero-order valence-electron chi connectivity index (χ0n) is 20.7. The average molecular weight is 495 g/mol. The number of aromatic nitrogens is 2. The second kappa shape index (κ2) is 10.7. The molecular formula is C27H31FN4O4. The number of carbonyl (C=O) groups excluding carboxylic acids is 1. The Bertz CT molecular complexity index is 1200. The quantitative estimate of drug-likeness (QED) is 0.480. The second-order valence-corrected chi connectivity index (χ2v) is 9.39. The minimum Gasteiger partial charge on any atom is -0.497 e. The van der Waals surface area contributed by atoms with Crippen LogP contribution in [0, 0.1) is 5.82 Å². The van der Waals surface area contributed by atoms with Gasteiger partial charge < -0.3 is 18.9 Å². The number of methoxy groups -OCH3 is 2. The Kier molecular flexibility index (Phi) is 7.18. The van der Waals surface area contributed by atoms with E-state index in [0.29, 0.717) is 30.4 Å². The van der Waals surface area contributed by atoms with Crippen LogP contribution < -0.4 is 9.47 Å². The van der Waals surface area contributed by atoms with Crippen molar-refractivity contribution in [3.63, 3.8) is 0 Å². The lowest BCUT2D eigenvalue weighted by molar-refractivity contribution is -0.133. The third kappa shape index (κ3) is 5.06. The van der Waals surface area contributed by atoms with Crippen LogP contribution in [0.3, 0.4) is 0 Å². The topological polar surface area (TPSA) is 80.9 Å². The SMILES string of the molecule is COc1ccc(OC)c(C2CCCN2C(=O)CN2CCCC(c3nc(-c4ccc(F)cc4)no3)C2)c1. The summed E-state index contributed by atoms with van der Waals surface area (Å²) in [6, 6.07) is 11.8. The largest absolute Gasteiger partial charge is 0.497 e. The molecule has 0 spiro atoms. The average Bonchev–Trinajstić information content (AvgIpc) is 3.59. The normalized spacial score (nSPS) is 20.5. The molecule has 2 unspecified atom stereocenters. The van der Waals surface area contributed by atoms with Gasteiger partial charge in [0.15, 0.2) is 0 Å². The summed E-state index contributed by atoms with van der Waals surface area (Å²) in [4.78, 5) is 22.2. The molecule has 2 fully saturated rings. The van der Waals surface area contributed by atoms with E-state index in [9.17, 15) is 9.18 Å². The monoisotopic (exact) mass is 494 g/mol. The molecule has 3 heterocycles. The first kappa shape index (κ1) is 24.2. The minimum atomic E-state index is -0.305. The zero-order chi connectivity index (χ0) is 25.1. The maximum atomic E-state index is 13.4. The first-order chi connectivity index (χ1) is 17.6. The van der Waals surface area contributed by atoms with Crippen molar-refractivity contribution in [2.45, 2.75) is 37.6 Å². The lowest BCUT2D eigenvalue weighted by Crippen LogP contribution is -2.43. The fourth-order valence-corrected chi connectivity index (χ4v) is 5.29. The summed E-state index contributed by atoms with van der Waals surface area (Å²) in [5.74, 6) is 2.40. The van der Waals surface area contributed by atoms with Crippen molar-refractivity contribution < 1.29 is 23.2 Å². The summed E-state index contributed by atoms with van der Waals surface area (Å²) >= 11 is 0. The zero-order valence-corrected chi connectivity index (χ0v) is 20.7. The predicted octanol–water partition coefficient (Wildman–Crippen LogP) is 4.44. The van der Waals surface area contributed by atoms with E-state index < -0.39 is 0 Å². The molecule has 1 aromatic heterocycles. The molecule has 36 heavy (non-hydrogen) atoms. The highest BCUT2D eigenvalue weighted by atomic mass is 19.1. The van der Waals surface area contributed by atoms with Gasteiger partial charge in [-0.3, -0.25) is 9.69 Å². The Hall–Kier alpha value is -3.46. The Morgan fingerprint density at radius 3 is 2.67 bits per heavy atom. The number of likely N-dealkylation sites (tertiary alicyclic amines) is 2. The van der Waals surface area contributed by atoms with Crippen molar-refractivity contribution in [2.24, 2.45) is 0 Å². The molecule has 0 saturated carbocycles. The summed E-state index contributed by atoms with van der Waals surface area (Å²) in [7, 11) is 3.29. The molecule has 8 nitrogen and oxygen atoms in total. The fraction of sp³-hybridized carbons (Fsp3) is 0.444. The summed E-state index contributed by atoms with van der Waals surface area (Å²) < 4.78 is 29.8. The summed E-state index contributed by atoms with van der Waals surface area (Å²) in [6.07, 6.45) is 3.71. The van der Waals surface area contributed by atoms with E-state index in [-0.39, 0.29) is 23.7 Å². The van der Waals surface area contributed by atoms with Crippen molar-refractivity contribution in [2.75, 3.05) is 40.4 Å². The first-order valence-corrected chi connectivity index (χ1v) is 12.4. The third-order valence-corrected chi connectivity index (χ3v) is 7.13. The van der Waals surface area contributed by atoms with E-state index >= 15 is 0 Å². The van der Waals surface area contributed by atoms with Crippen LogP contribution in [0.25, 0.3) is 11.4 Å². The van der Waals surface area contributed by atoms with E-state index in [2.05, 4.69) is 15.0 Å². The van der Waals surface area contributed by atoms with E-state index in [1.807, 2.05) is 23.1 Å². The number of benzene rings is 2. The van der Waals surface area contributed by atoms with Crippen molar-refractivity contribution >= 4 is 5.91 Å². The number of nitrogens with zero attached hydrogens (tertiary/aromatic N) is 4. The van der Waals surface area contributed by atoms with Gasteiger partial charge in [0.1, 0.15) is 17.3 Å². The highest BCUT2D eigenvalue weighted by Gasteiger charge is 2.34. The molecular weight excluding hydrogens is 463 g/mol. The number of rotatable bonds is 7. The van der Waals surface area contributed by atoms with Crippen LogP contribution in [0.5, 0.6) is 11.5 Å². The summed E-state index contributed by atoms with van der Waals surface area (Å²) in [5.41, 5.74) is 1.70. The Balaban J connectivity index is 1.25. The van der Waals surface area contributed by atoms with Crippen LogP contribution in [0.15, 0.2) is 47.0 Å². The van der Waals surface area contributed by atoms with E-state index in [0.717, 1.165) is 55.8 Å². The fourth-order valence-electron chi connectivity index (χ4n) is 5.29. The smallest absolute Gasteiger partial charge is 0.237 e. The van der Waals surface area contributed by atoms with Gasteiger partial charge in [-0.25, -0.2) is 4.39 Å². The molecule has 2 aliphatic heterocycles. The van der Waals surface area contributed by atoms with Gasteiger partial charge in [-0.2, -0.15) is 4.98 Å². The summed E-state index contributed by atoms with van der Waals surface area (Å²) in [5, 5.41) is 4.09. The number of ether oxygens (including phenoxy) is 2. The molecule has 2 aliphatic rings. The molecule has 5 rings (SSSR count). The van der Waals surface area contributed by atoms with Crippen molar-refractivity contribution in [1.29, 1.82) is 0 Å². The minimum absolute atomic E-state index is 0.0302. The van der Waals surface area contributed by atoms with Crippen molar-refractivity contribution in [3.8, 4) is 22.9 Å². The number of amides is 1. The number of hydrogen-bond donors (Lipinski definition) is 0. The van der Waals surface area contributed by atoms with Gasteiger partial charge in [-0.15, -0.1) is 0 Å². The molecule has 9 heteroatoms. The maximum Gasteiger partial charge on any atom is 0.237 e. The molecule has 3 aromatic rings. The van der Waals surface area contributed by atoms with Gasteiger partial charge in [0.2, 0.25) is 17.6 Å². The van der Waals surface area contributed by atoms with E-state index in [4.69, 9.17) is 14.0 Å². The number of carbonyl (C=O) groups is 1. The molecule has 0 aliphatic carbocycles. The van der Waals surface area contributed by atoms with Crippen LogP contribution in [-0.2, 0) is 4.79 Å². The molecule has 2 aromatic carbocycles. The van der Waals surface area contributed by atoms with E-state index in [1.165, 1.54) is 12.1 Å². The predicted molar refractivity (Wildman–Crippen MR) is 131 cm³/mol. The molecule has 0 radical (unpaired) electrons. The van der Waals surface area contributed by atoms with Gasteiger partial charge >= 0.3 is 0 Å². The van der Waals surface area contributed by atoms with Crippen LogP contribution in [0.1, 0.15) is 49.1 Å². The van der Waals surface area contributed by atoms with Gasteiger partial charge in [-0.1, -0.05) is 5.16 Å². The summed E-state index contributed by atoms with van der Waals surface area (Å²) in [6.45, 7) is 2.60. The Morgan fingerprint density at radius 1 is 1.08 bits per heavy atom. The first-order valence-electron chi connectivity index (χ1n) is 12.4. The Morgan fingerprint density at radius 2 is 1.89 bits per heavy atom. The van der Waals surface area contributed by atoms with Gasteiger partial charge in [0.05, 0.1) is 32.7 Å². The molecule has 0 N–H and O–H groups in total. The highest BCUT2D eigenvalue weighted by Crippen LogP contribution is 2.39. The molecule has 1 amide bonds. The van der Waals surface area contributed by atoms with Crippen molar-refractivity contribution in [3.05, 3.63) is 59.7 Å². The van der Waals surface area contributed by atoms with Crippen LogP contribution >= 0.6 is 0 Å². The van der Waals surface area contributed by atoms with E-state index in [1.54, 1.807) is 26.4 Å².